The third-order valence-corrected chi connectivity index (χ3v) is 4.02. The van der Waals surface area contributed by atoms with Gasteiger partial charge in [-0.2, -0.15) is 0 Å². The van der Waals surface area contributed by atoms with E-state index in [4.69, 9.17) is 5.73 Å². The minimum atomic E-state index is -0.0623. The van der Waals surface area contributed by atoms with Crippen molar-refractivity contribution >= 4 is 26.8 Å². The molecule has 2 N–H and O–H groups in total. The van der Waals surface area contributed by atoms with Gasteiger partial charge in [0.25, 0.3) is 0 Å². The van der Waals surface area contributed by atoms with Crippen LogP contribution in [0.15, 0.2) is 28.7 Å². The second-order valence-electron chi connectivity index (χ2n) is 4.42. The maximum Gasteiger partial charge on any atom is 0.0565 e. The quantitative estimate of drug-likeness (QED) is 0.844. The van der Waals surface area contributed by atoms with Crippen LogP contribution in [0, 0.1) is 0 Å². The monoisotopic (exact) mass is 264 g/mol. The Labute approximate surface area is 97.2 Å². The van der Waals surface area contributed by atoms with Crippen molar-refractivity contribution in [3.63, 3.8) is 0 Å². The lowest BCUT2D eigenvalue weighted by Crippen LogP contribution is -2.21. The summed E-state index contributed by atoms with van der Waals surface area (Å²) in [5.41, 5.74) is 8.68. The van der Waals surface area contributed by atoms with Crippen LogP contribution in [0.4, 0.5) is 0 Å². The van der Waals surface area contributed by atoms with Gasteiger partial charge in [0.1, 0.15) is 0 Å². The van der Waals surface area contributed by atoms with Gasteiger partial charge in [-0.15, -0.1) is 0 Å². The zero-order valence-electron chi connectivity index (χ0n) is 8.63. The first-order valence-corrected chi connectivity index (χ1v) is 5.94. The Hall–Kier alpha value is -0.800. The van der Waals surface area contributed by atoms with Gasteiger partial charge >= 0.3 is 0 Å². The number of benzene rings is 1. The van der Waals surface area contributed by atoms with Crippen LogP contribution in [0.3, 0.4) is 0 Å². The second kappa shape index (κ2) is 2.86. The highest BCUT2D eigenvalue weighted by atomic mass is 79.9. The van der Waals surface area contributed by atoms with E-state index in [1.54, 1.807) is 0 Å². The Balaban J connectivity index is 2.34. The van der Waals surface area contributed by atoms with E-state index in [1.807, 2.05) is 0 Å². The number of hydrogen-bond acceptors (Lipinski definition) is 1. The molecule has 0 atom stereocenters. The maximum atomic E-state index is 6.25. The van der Waals surface area contributed by atoms with E-state index in [0.29, 0.717) is 0 Å². The first kappa shape index (κ1) is 9.43. The van der Waals surface area contributed by atoms with Gasteiger partial charge in [-0.05, 0) is 31.0 Å². The Kier molecular flexibility index (Phi) is 1.80. The molecule has 0 radical (unpaired) electrons. The van der Waals surface area contributed by atoms with E-state index in [1.165, 1.54) is 16.6 Å². The van der Waals surface area contributed by atoms with Gasteiger partial charge in [-0.3, -0.25) is 0 Å². The fourth-order valence-electron chi connectivity index (χ4n) is 2.19. The molecular weight excluding hydrogens is 252 g/mol. The zero-order valence-corrected chi connectivity index (χ0v) is 10.2. The van der Waals surface area contributed by atoms with Crippen molar-refractivity contribution < 1.29 is 0 Å². The lowest BCUT2D eigenvalue weighted by atomic mass is 10.2. The molecule has 1 aromatic carbocycles. The Morgan fingerprint density at radius 1 is 1.40 bits per heavy atom. The summed E-state index contributed by atoms with van der Waals surface area (Å²) in [5, 5.41) is 1.26. The minimum absolute atomic E-state index is 0.0623. The van der Waals surface area contributed by atoms with Crippen molar-refractivity contribution in [1.29, 1.82) is 0 Å². The fraction of sp³-hybridized carbons (Fsp3) is 0.333. The van der Waals surface area contributed by atoms with E-state index >= 15 is 0 Å². The van der Waals surface area contributed by atoms with Crippen LogP contribution in [0.5, 0.6) is 0 Å². The zero-order chi connectivity index (χ0) is 10.6. The molecule has 0 bridgehead atoms. The lowest BCUT2D eigenvalue weighted by molar-refractivity contribution is 0.667. The van der Waals surface area contributed by atoms with E-state index in [2.05, 4.69) is 51.8 Å². The highest BCUT2D eigenvalue weighted by Crippen LogP contribution is 2.44. The molecule has 0 spiro atoms. The highest BCUT2D eigenvalue weighted by molar-refractivity contribution is 9.10. The molecule has 0 unspecified atom stereocenters. The molecule has 3 heteroatoms. The van der Waals surface area contributed by atoms with Crippen LogP contribution in [-0.4, -0.2) is 4.57 Å². The molecule has 2 aromatic rings. The smallest absolute Gasteiger partial charge is 0.0565 e. The average Bonchev–Trinajstić information content (AvgIpc) is 2.85. The molecule has 0 amide bonds. The van der Waals surface area contributed by atoms with Gasteiger partial charge in [0, 0.05) is 28.1 Å². The molecule has 0 saturated heterocycles. The fourth-order valence-corrected chi connectivity index (χ4v) is 2.66. The van der Waals surface area contributed by atoms with Gasteiger partial charge in [0.05, 0.1) is 5.54 Å². The summed E-state index contributed by atoms with van der Waals surface area (Å²) < 4.78 is 3.36. The van der Waals surface area contributed by atoms with Crippen LogP contribution in [0.2, 0.25) is 0 Å². The van der Waals surface area contributed by atoms with Crippen molar-refractivity contribution in [1.82, 2.24) is 4.57 Å². The molecule has 1 heterocycles. The van der Waals surface area contributed by atoms with Gasteiger partial charge < -0.3 is 10.3 Å². The van der Waals surface area contributed by atoms with Crippen molar-refractivity contribution in [3.05, 3.63) is 34.4 Å². The van der Waals surface area contributed by atoms with E-state index in [-0.39, 0.29) is 5.54 Å². The summed E-state index contributed by atoms with van der Waals surface area (Å²) >= 11 is 3.58. The Morgan fingerprint density at radius 2 is 2.13 bits per heavy atom. The van der Waals surface area contributed by atoms with Gasteiger partial charge in [-0.1, -0.05) is 22.0 Å². The summed E-state index contributed by atoms with van der Waals surface area (Å²) in [5.74, 6) is 0. The number of rotatable bonds is 1. The van der Waals surface area contributed by atoms with Gasteiger partial charge in [0.2, 0.25) is 0 Å². The largest absolute Gasteiger partial charge is 0.346 e. The minimum Gasteiger partial charge on any atom is -0.346 e. The lowest BCUT2D eigenvalue weighted by Gasteiger charge is -2.10. The molecule has 78 valence electrons. The molecule has 15 heavy (non-hydrogen) atoms. The topological polar surface area (TPSA) is 30.9 Å². The third-order valence-electron chi connectivity index (χ3n) is 3.33. The summed E-state index contributed by atoms with van der Waals surface area (Å²) in [7, 11) is 2.09. The highest BCUT2D eigenvalue weighted by Gasteiger charge is 2.42. The van der Waals surface area contributed by atoms with Crippen LogP contribution in [0.25, 0.3) is 10.9 Å². The molecule has 1 aromatic heterocycles. The van der Waals surface area contributed by atoms with Crippen molar-refractivity contribution in [2.75, 3.05) is 0 Å². The molecule has 1 fully saturated rings. The third kappa shape index (κ3) is 1.26. The van der Waals surface area contributed by atoms with Crippen LogP contribution >= 0.6 is 15.9 Å². The number of nitrogens with two attached hydrogens (primary N) is 1. The first-order chi connectivity index (χ1) is 7.12. The number of nitrogens with zero attached hydrogens (tertiary/aromatic N) is 1. The number of aryl methyl sites for hydroxylation is 1. The van der Waals surface area contributed by atoms with E-state index in [0.717, 1.165) is 17.3 Å². The van der Waals surface area contributed by atoms with Crippen LogP contribution in [-0.2, 0) is 12.6 Å². The number of hydrogen-bond donors (Lipinski definition) is 1. The normalized spacial score (nSPS) is 18.3. The van der Waals surface area contributed by atoms with Crippen LogP contribution in [0.1, 0.15) is 18.5 Å². The standard InChI is InChI=1S/C12H13BrN2/c1-15-10-4-2-3-9(13)8(10)7-11(15)12(14)5-6-12/h2-4,7H,5-6,14H2,1H3. The maximum absolute atomic E-state index is 6.25. The van der Waals surface area contributed by atoms with Crippen molar-refractivity contribution in [2.24, 2.45) is 12.8 Å². The summed E-state index contributed by atoms with van der Waals surface area (Å²) in [6.07, 6.45) is 2.21. The Morgan fingerprint density at radius 3 is 2.73 bits per heavy atom. The number of aromatic nitrogens is 1. The molecular formula is C12H13BrN2. The predicted octanol–water partition coefficient (Wildman–Crippen LogP) is 2.89. The Bertz CT molecular complexity index is 538. The summed E-state index contributed by atoms with van der Waals surface area (Å²) in [6, 6.07) is 8.48. The molecule has 2 nitrogen and oxygen atoms in total. The number of halogens is 1. The molecule has 1 aliphatic carbocycles. The molecule has 0 aliphatic heterocycles. The second-order valence-corrected chi connectivity index (χ2v) is 5.27. The molecule has 1 aliphatic rings. The van der Waals surface area contributed by atoms with Crippen molar-refractivity contribution in [2.45, 2.75) is 18.4 Å². The molecule has 3 rings (SSSR count). The summed E-state index contributed by atoms with van der Waals surface area (Å²) in [4.78, 5) is 0. The first-order valence-electron chi connectivity index (χ1n) is 5.15. The molecule has 1 saturated carbocycles. The van der Waals surface area contributed by atoms with Crippen molar-refractivity contribution in [3.8, 4) is 0 Å². The van der Waals surface area contributed by atoms with Gasteiger partial charge in [-0.25, -0.2) is 0 Å². The average molecular weight is 265 g/mol. The summed E-state index contributed by atoms with van der Waals surface area (Å²) in [6.45, 7) is 0. The number of fused-ring (bicyclic) bond motifs is 1. The van der Waals surface area contributed by atoms with E-state index in [9.17, 15) is 0 Å². The SMILES string of the molecule is Cn1c(C2(N)CC2)cc2c(Br)cccc21. The van der Waals surface area contributed by atoms with E-state index < -0.39 is 0 Å². The van der Waals surface area contributed by atoms with Crippen LogP contribution < -0.4 is 5.73 Å². The van der Waals surface area contributed by atoms with Gasteiger partial charge in [0.15, 0.2) is 0 Å². The predicted molar refractivity (Wildman–Crippen MR) is 65.7 cm³/mol.